The Balaban J connectivity index is 1.56. The zero-order valence-electron chi connectivity index (χ0n) is 19.2. The van der Waals surface area contributed by atoms with Crippen LogP contribution in [-0.4, -0.2) is 31.5 Å². The summed E-state index contributed by atoms with van der Waals surface area (Å²) >= 11 is 0. The van der Waals surface area contributed by atoms with Crippen LogP contribution in [0.1, 0.15) is 21.5 Å². The molecule has 0 fully saturated rings. The molecular formula is C27H23N3O5. The van der Waals surface area contributed by atoms with Gasteiger partial charge in [0.05, 0.1) is 12.7 Å². The number of amides is 2. The number of aryl methyl sites for hydroxylation is 1. The first kappa shape index (κ1) is 24.7. The maximum Gasteiger partial charge on any atom is 0.338 e. The lowest BCUT2D eigenvalue weighted by Gasteiger charge is -2.07. The standard InChI is InChI=1S/C27H23N3O5/c1-18-3-9-22(10-4-18)29-25(31)17-35-27(33)20-7-5-19(6-8-20)15-21(16-28)26(32)30-23-11-13-24(34-2)14-12-23/h3-15H,17H2,1-2H3,(H,29,31)(H,30,32)/b21-15-. The van der Waals surface area contributed by atoms with Gasteiger partial charge in [0.2, 0.25) is 0 Å². The van der Waals surface area contributed by atoms with Crippen LogP contribution < -0.4 is 15.4 Å². The van der Waals surface area contributed by atoms with E-state index >= 15 is 0 Å². The Hall–Kier alpha value is -4.90. The number of nitrogens with one attached hydrogen (secondary N) is 2. The minimum absolute atomic E-state index is 0.107. The number of benzene rings is 3. The Kier molecular flexibility index (Phi) is 8.35. The third-order valence-corrected chi connectivity index (χ3v) is 4.84. The first-order valence-corrected chi connectivity index (χ1v) is 10.6. The summed E-state index contributed by atoms with van der Waals surface area (Å²) in [4.78, 5) is 36.7. The normalized spacial score (nSPS) is 10.6. The van der Waals surface area contributed by atoms with Crippen LogP contribution in [0.15, 0.2) is 78.4 Å². The fraction of sp³-hybridized carbons (Fsp3) is 0.111. The molecule has 0 aromatic heterocycles. The molecule has 2 amide bonds. The van der Waals surface area contributed by atoms with Crippen molar-refractivity contribution in [2.45, 2.75) is 6.92 Å². The number of nitrogens with zero attached hydrogens (tertiary/aromatic N) is 1. The molecule has 0 aliphatic heterocycles. The number of carbonyl (C=O) groups excluding carboxylic acids is 3. The van der Waals surface area contributed by atoms with Gasteiger partial charge in [0.1, 0.15) is 17.4 Å². The molecule has 0 aliphatic carbocycles. The van der Waals surface area contributed by atoms with Crippen LogP contribution in [-0.2, 0) is 14.3 Å². The van der Waals surface area contributed by atoms with Gasteiger partial charge in [-0.3, -0.25) is 9.59 Å². The molecule has 3 aromatic rings. The predicted molar refractivity (Wildman–Crippen MR) is 132 cm³/mol. The fourth-order valence-corrected chi connectivity index (χ4v) is 2.95. The molecule has 0 bridgehead atoms. The third kappa shape index (κ3) is 7.30. The van der Waals surface area contributed by atoms with Crippen molar-refractivity contribution >= 4 is 35.2 Å². The number of rotatable bonds is 8. The van der Waals surface area contributed by atoms with Crippen molar-refractivity contribution in [3.8, 4) is 11.8 Å². The highest BCUT2D eigenvalue weighted by Gasteiger charge is 2.12. The Labute approximate surface area is 202 Å². The second-order valence-electron chi connectivity index (χ2n) is 7.46. The largest absolute Gasteiger partial charge is 0.497 e. The number of nitriles is 1. The van der Waals surface area contributed by atoms with Gasteiger partial charge < -0.3 is 20.1 Å². The molecule has 176 valence electrons. The van der Waals surface area contributed by atoms with Crippen LogP contribution in [0.25, 0.3) is 6.08 Å². The van der Waals surface area contributed by atoms with E-state index in [1.807, 2.05) is 25.1 Å². The Morgan fingerprint density at radius 3 is 2.09 bits per heavy atom. The number of hydrogen-bond acceptors (Lipinski definition) is 6. The third-order valence-electron chi connectivity index (χ3n) is 4.84. The number of ether oxygens (including phenoxy) is 2. The van der Waals surface area contributed by atoms with Gasteiger partial charge >= 0.3 is 5.97 Å². The van der Waals surface area contributed by atoms with E-state index in [0.29, 0.717) is 22.7 Å². The summed E-state index contributed by atoms with van der Waals surface area (Å²) in [6.07, 6.45) is 1.41. The van der Waals surface area contributed by atoms with Crippen molar-refractivity contribution in [2.24, 2.45) is 0 Å². The molecule has 0 unspecified atom stereocenters. The molecule has 8 nitrogen and oxygen atoms in total. The zero-order chi connectivity index (χ0) is 25.2. The number of esters is 1. The van der Waals surface area contributed by atoms with Crippen LogP contribution in [0.2, 0.25) is 0 Å². The second-order valence-corrected chi connectivity index (χ2v) is 7.46. The number of methoxy groups -OCH3 is 1. The summed E-state index contributed by atoms with van der Waals surface area (Å²) in [5.41, 5.74) is 2.85. The maximum atomic E-state index is 12.4. The van der Waals surface area contributed by atoms with Gasteiger partial charge in [-0.25, -0.2) is 4.79 Å². The number of anilines is 2. The van der Waals surface area contributed by atoms with Crippen LogP contribution in [0, 0.1) is 18.3 Å². The molecule has 0 saturated carbocycles. The molecule has 35 heavy (non-hydrogen) atoms. The van der Waals surface area contributed by atoms with E-state index in [1.54, 1.807) is 55.6 Å². The van der Waals surface area contributed by atoms with E-state index in [0.717, 1.165) is 5.56 Å². The van der Waals surface area contributed by atoms with Crippen molar-refractivity contribution in [3.05, 3.63) is 95.1 Å². The molecule has 0 aliphatic rings. The van der Waals surface area contributed by atoms with Crippen LogP contribution >= 0.6 is 0 Å². The lowest BCUT2D eigenvalue weighted by Crippen LogP contribution is -2.20. The highest BCUT2D eigenvalue weighted by Crippen LogP contribution is 2.17. The van der Waals surface area contributed by atoms with E-state index in [-0.39, 0.29) is 11.1 Å². The topological polar surface area (TPSA) is 118 Å². The molecule has 0 atom stereocenters. The molecule has 3 aromatic carbocycles. The van der Waals surface area contributed by atoms with Gasteiger partial charge in [0.15, 0.2) is 6.61 Å². The van der Waals surface area contributed by atoms with Crippen molar-refractivity contribution in [3.63, 3.8) is 0 Å². The first-order chi connectivity index (χ1) is 16.9. The Morgan fingerprint density at radius 2 is 1.49 bits per heavy atom. The summed E-state index contributed by atoms with van der Waals surface area (Å²) in [7, 11) is 1.54. The molecule has 0 spiro atoms. The summed E-state index contributed by atoms with van der Waals surface area (Å²) in [6.45, 7) is 1.51. The summed E-state index contributed by atoms with van der Waals surface area (Å²) < 4.78 is 10.1. The lowest BCUT2D eigenvalue weighted by atomic mass is 10.1. The summed E-state index contributed by atoms with van der Waals surface area (Å²) in [5, 5.41) is 14.7. The van der Waals surface area contributed by atoms with Crippen molar-refractivity contribution in [1.82, 2.24) is 0 Å². The van der Waals surface area contributed by atoms with E-state index < -0.39 is 24.4 Å². The van der Waals surface area contributed by atoms with E-state index in [4.69, 9.17) is 9.47 Å². The highest BCUT2D eigenvalue weighted by atomic mass is 16.5. The van der Waals surface area contributed by atoms with Crippen LogP contribution in [0.4, 0.5) is 11.4 Å². The summed E-state index contributed by atoms with van der Waals surface area (Å²) in [6, 6.07) is 21.9. The van der Waals surface area contributed by atoms with Crippen LogP contribution in [0.3, 0.4) is 0 Å². The maximum absolute atomic E-state index is 12.4. The minimum Gasteiger partial charge on any atom is -0.497 e. The predicted octanol–water partition coefficient (Wildman–Crippen LogP) is 4.34. The van der Waals surface area contributed by atoms with Gasteiger partial charge in [0, 0.05) is 11.4 Å². The van der Waals surface area contributed by atoms with Gasteiger partial charge in [-0.15, -0.1) is 0 Å². The quantitative estimate of drug-likeness (QED) is 0.288. The average molecular weight is 469 g/mol. The first-order valence-electron chi connectivity index (χ1n) is 10.6. The minimum atomic E-state index is -0.669. The fourth-order valence-electron chi connectivity index (χ4n) is 2.95. The molecule has 0 radical (unpaired) electrons. The Bertz CT molecular complexity index is 1270. The number of carbonyl (C=O) groups is 3. The van der Waals surface area contributed by atoms with Crippen molar-refractivity contribution < 1.29 is 23.9 Å². The monoisotopic (exact) mass is 469 g/mol. The highest BCUT2D eigenvalue weighted by molar-refractivity contribution is 6.09. The molecule has 2 N–H and O–H groups in total. The lowest BCUT2D eigenvalue weighted by molar-refractivity contribution is -0.119. The van der Waals surface area contributed by atoms with E-state index in [9.17, 15) is 19.6 Å². The molecule has 0 saturated heterocycles. The van der Waals surface area contributed by atoms with Gasteiger partial charge in [-0.2, -0.15) is 5.26 Å². The molecule has 0 heterocycles. The van der Waals surface area contributed by atoms with E-state index in [2.05, 4.69) is 10.6 Å². The Morgan fingerprint density at radius 1 is 0.886 bits per heavy atom. The van der Waals surface area contributed by atoms with Gasteiger partial charge in [0.25, 0.3) is 11.8 Å². The SMILES string of the molecule is COc1ccc(NC(=O)/C(C#N)=C\c2ccc(C(=O)OCC(=O)Nc3ccc(C)cc3)cc2)cc1. The molecule has 3 rings (SSSR count). The van der Waals surface area contributed by atoms with Gasteiger partial charge in [-0.05, 0) is 67.1 Å². The molecular weight excluding hydrogens is 446 g/mol. The number of hydrogen-bond donors (Lipinski definition) is 2. The van der Waals surface area contributed by atoms with Crippen LogP contribution in [0.5, 0.6) is 5.75 Å². The summed E-state index contributed by atoms with van der Waals surface area (Å²) in [5.74, 6) is -1.05. The smallest absolute Gasteiger partial charge is 0.338 e. The second kappa shape index (κ2) is 11.8. The van der Waals surface area contributed by atoms with Crippen molar-refractivity contribution in [1.29, 1.82) is 5.26 Å². The zero-order valence-corrected chi connectivity index (χ0v) is 19.2. The molecule has 8 heteroatoms. The van der Waals surface area contributed by atoms with Gasteiger partial charge in [-0.1, -0.05) is 29.8 Å². The van der Waals surface area contributed by atoms with E-state index in [1.165, 1.54) is 18.2 Å². The average Bonchev–Trinajstić information content (AvgIpc) is 2.88. The van der Waals surface area contributed by atoms with Crippen molar-refractivity contribution in [2.75, 3.05) is 24.4 Å².